The summed E-state index contributed by atoms with van der Waals surface area (Å²) in [7, 11) is 2.14. The number of dihydropyridines is 1. The Balaban J connectivity index is 2.36. The fourth-order valence-electron chi connectivity index (χ4n) is 1.03. The van der Waals surface area contributed by atoms with Gasteiger partial charge in [0, 0.05) is 13.1 Å². The summed E-state index contributed by atoms with van der Waals surface area (Å²) < 4.78 is 0. The van der Waals surface area contributed by atoms with Crippen LogP contribution in [0.2, 0.25) is 0 Å². The maximum atomic E-state index is 3.13. The van der Waals surface area contributed by atoms with Crippen molar-refractivity contribution in [2.24, 2.45) is 0 Å². The Kier molecular flexibility index (Phi) is 3.17. The summed E-state index contributed by atoms with van der Waals surface area (Å²) >= 11 is 0. The van der Waals surface area contributed by atoms with E-state index in [0.717, 1.165) is 19.6 Å². The number of likely N-dealkylation sites (N-methyl/N-ethyl adjacent to an activating group) is 1. The van der Waals surface area contributed by atoms with Crippen molar-refractivity contribution in [3.8, 4) is 0 Å². The van der Waals surface area contributed by atoms with Crippen molar-refractivity contribution < 1.29 is 0 Å². The van der Waals surface area contributed by atoms with Gasteiger partial charge >= 0.3 is 0 Å². The van der Waals surface area contributed by atoms with Crippen molar-refractivity contribution in [1.82, 2.24) is 10.2 Å². The van der Waals surface area contributed by atoms with E-state index in [4.69, 9.17) is 0 Å². The minimum absolute atomic E-state index is 0.976. The van der Waals surface area contributed by atoms with Crippen molar-refractivity contribution in [3.63, 3.8) is 0 Å². The molecule has 0 saturated heterocycles. The zero-order valence-electron chi connectivity index (χ0n) is 7.30. The van der Waals surface area contributed by atoms with E-state index < -0.39 is 0 Å². The normalized spacial score (nSPS) is 16.5. The molecule has 0 aromatic carbocycles. The van der Waals surface area contributed by atoms with Crippen LogP contribution in [0.15, 0.2) is 23.9 Å². The summed E-state index contributed by atoms with van der Waals surface area (Å²) in [6.45, 7) is 5.32. The average Bonchev–Trinajstić information content (AvgIpc) is 2.06. The van der Waals surface area contributed by atoms with Gasteiger partial charge in [-0.25, -0.2) is 0 Å². The average molecular weight is 152 g/mol. The van der Waals surface area contributed by atoms with E-state index in [-0.39, 0.29) is 0 Å². The summed E-state index contributed by atoms with van der Waals surface area (Å²) in [4.78, 5) is 2.29. The van der Waals surface area contributed by atoms with Crippen LogP contribution in [0.25, 0.3) is 0 Å². The van der Waals surface area contributed by atoms with Crippen LogP contribution in [-0.4, -0.2) is 31.6 Å². The van der Waals surface area contributed by atoms with E-state index in [2.05, 4.69) is 36.3 Å². The Labute approximate surface area is 68.6 Å². The minimum Gasteiger partial charge on any atom is -0.387 e. The van der Waals surface area contributed by atoms with Gasteiger partial charge in [-0.2, -0.15) is 0 Å². The number of nitrogens with zero attached hydrogens (tertiary/aromatic N) is 1. The standard InChI is InChI=1S/C9H16N2/c1-3-11(2)8-9-4-6-10-7-5-9/h4-6,10H,3,7-8H2,1-2H3. The van der Waals surface area contributed by atoms with Crippen LogP contribution >= 0.6 is 0 Å². The number of hydrogen-bond donors (Lipinski definition) is 1. The zero-order chi connectivity index (χ0) is 8.10. The van der Waals surface area contributed by atoms with E-state index in [9.17, 15) is 0 Å². The molecule has 1 aliphatic rings. The third-order valence-corrected chi connectivity index (χ3v) is 1.89. The van der Waals surface area contributed by atoms with Crippen molar-refractivity contribution >= 4 is 0 Å². The summed E-state index contributed by atoms with van der Waals surface area (Å²) in [5.74, 6) is 0. The molecule has 0 saturated carbocycles. The molecule has 1 aliphatic heterocycles. The SMILES string of the molecule is CCN(C)CC1=CCNC=C1. The largest absolute Gasteiger partial charge is 0.387 e. The first-order valence-corrected chi connectivity index (χ1v) is 4.10. The fraction of sp³-hybridized carbons (Fsp3) is 0.556. The zero-order valence-corrected chi connectivity index (χ0v) is 7.30. The lowest BCUT2D eigenvalue weighted by Gasteiger charge is -2.16. The predicted molar refractivity (Wildman–Crippen MR) is 48.4 cm³/mol. The maximum absolute atomic E-state index is 3.13. The van der Waals surface area contributed by atoms with E-state index in [1.807, 2.05) is 6.20 Å². The molecule has 0 aromatic heterocycles. The Bertz CT molecular complexity index is 170. The first kappa shape index (κ1) is 8.34. The minimum atomic E-state index is 0.976. The third-order valence-electron chi connectivity index (χ3n) is 1.89. The van der Waals surface area contributed by atoms with Crippen molar-refractivity contribution in [1.29, 1.82) is 0 Å². The number of hydrogen-bond acceptors (Lipinski definition) is 2. The molecule has 2 heteroatoms. The Morgan fingerprint density at radius 3 is 3.00 bits per heavy atom. The van der Waals surface area contributed by atoms with Crippen molar-refractivity contribution in [2.45, 2.75) is 6.92 Å². The van der Waals surface area contributed by atoms with Gasteiger partial charge in [0.25, 0.3) is 0 Å². The Hall–Kier alpha value is -0.760. The number of nitrogens with one attached hydrogen (secondary N) is 1. The lowest BCUT2D eigenvalue weighted by Crippen LogP contribution is -2.22. The Morgan fingerprint density at radius 2 is 2.45 bits per heavy atom. The second-order valence-electron chi connectivity index (χ2n) is 2.85. The summed E-state index contributed by atoms with van der Waals surface area (Å²) in [5, 5.41) is 3.13. The van der Waals surface area contributed by atoms with Gasteiger partial charge < -0.3 is 10.2 Å². The van der Waals surface area contributed by atoms with Crippen molar-refractivity contribution in [3.05, 3.63) is 23.9 Å². The highest BCUT2D eigenvalue weighted by Crippen LogP contribution is 2.01. The van der Waals surface area contributed by atoms with Crippen molar-refractivity contribution in [2.75, 3.05) is 26.7 Å². The van der Waals surface area contributed by atoms with Gasteiger partial charge in [0.1, 0.15) is 0 Å². The molecule has 0 bridgehead atoms. The smallest absolute Gasteiger partial charge is 0.0331 e. The quantitative estimate of drug-likeness (QED) is 0.648. The molecule has 0 unspecified atom stereocenters. The van der Waals surface area contributed by atoms with Crippen LogP contribution in [0, 0.1) is 0 Å². The maximum Gasteiger partial charge on any atom is 0.0331 e. The predicted octanol–water partition coefficient (Wildman–Crippen LogP) is 0.981. The van der Waals surface area contributed by atoms with Gasteiger partial charge in [-0.3, -0.25) is 0 Å². The van der Waals surface area contributed by atoms with Crippen LogP contribution < -0.4 is 5.32 Å². The highest BCUT2D eigenvalue weighted by atomic mass is 15.1. The molecular formula is C9H16N2. The third kappa shape index (κ3) is 2.76. The second kappa shape index (κ2) is 4.19. The lowest BCUT2D eigenvalue weighted by atomic mass is 10.2. The molecular weight excluding hydrogens is 136 g/mol. The highest BCUT2D eigenvalue weighted by molar-refractivity contribution is 5.23. The van der Waals surface area contributed by atoms with E-state index in [0.29, 0.717) is 0 Å². The molecule has 0 spiro atoms. The monoisotopic (exact) mass is 152 g/mol. The molecule has 1 N–H and O–H groups in total. The van der Waals surface area contributed by atoms with Crippen LogP contribution in [0.4, 0.5) is 0 Å². The van der Waals surface area contributed by atoms with Crippen LogP contribution in [-0.2, 0) is 0 Å². The molecule has 62 valence electrons. The van der Waals surface area contributed by atoms with Gasteiger partial charge in [0.2, 0.25) is 0 Å². The Morgan fingerprint density at radius 1 is 1.64 bits per heavy atom. The molecule has 0 radical (unpaired) electrons. The lowest BCUT2D eigenvalue weighted by molar-refractivity contribution is 0.385. The topological polar surface area (TPSA) is 15.3 Å². The molecule has 11 heavy (non-hydrogen) atoms. The first-order valence-electron chi connectivity index (χ1n) is 4.10. The first-order chi connectivity index (χ1) is 5.33. The van der Waals surface area contributed by atoms with Crippen LogP contribution in [0.1, 0.15) is 6.92 Å². The van der Waals surface area contributed by atoms with E-state index in [1.165, 1.54) is 5.57 Å². The van der Waals surface area contributed by atoms with Gasteiger partial charge in [0.05, 0.1) is 0 Å². The fourth-order valence-corrected chi connectivity index (χ4v) is 1.03. The highest BCUT2D eigenvalue weighted by Gasteiger charge is 1.99. The molecule has 0 amide bonds. The van der Waals surface area contributed by atoms with Crippen LogP contribution in [0.5, 0.6) is 0 Å². The molecule has 0 aliphatic carbocycles. The van der Waals surface area contributed by atoms with Gasteiger partial charge in [0.15, 0.2) is 0 Å². The summed E-state index contributed by atoms with van der Waals surface area (Å²) in [6, 6.07) is 0. The summed E-state index contributed by atoms with van der Waals surface area (Å²) in [5.41, 5.74) is 1.41. The van der Waals surface area contributed by atoms with Crippen LogP contribution in [0.3, 0.4) is 0 Å². The van der Waals surface area contributed by atoms with Gasteiger partial charge in [-0.15, -0.1) is 0 Å². The molecule has 2 nitrogen and oxygen atoms in total. The number of rotatable bonds is 3. The van der Waals surface area contributed by atoms with Gasteiger partial charge in [-0.1, -0.05) is 13.0 Å². The van der Waals surface area contributed by atoms with Gasteiger partial charge in [-0.05, 0) is 31.4 Å². The van der Waals surface area contributed by atoms with E-state index in [1.54, 1.807) is 0 Å². The van der Waals surface area contributed by atoms with E-state index >= 15 is 0 Å². The molecule has 1 rings (SSSR count). The molecule has 1 heterocycles. The molecule has 0 fully saturated rings. The second-order valence-corrected chi connectivity index (χ2v) is 2.85. The summed E-state index contributed by atoms with van der Waals surface area (Å²) in [6.07, 6.45) is 6.38. The molecule has 0 aromatic rings. The molecule has 0 atom stereocenters.